The molecule has 29 heavy (non-hydrogen) atoms. The Hall–Kier alpha value is -2.57. The van der Waals surface area contributed by atoms with Gasteiger partial charge in [-0.3, -0.25) is 4.90 Å². The summed E-state index contributed by atoms with van der Waals surface area (Å²) in [7, 11) is 0. The molecule has 1 fully saturated rings. The third-order valence-electron chi connectivity index (χ3n) is 4.80. The number of hydrogen-bond acceptors (Lipinski definition) is 4. The van der Waals surface area contributed by atoms with Crippen LogP contribution < -0.4 is 15.4 Å². The Morgan fingerprint density at radius 1 is 1.00 bits per heavy atom. The lowest BCUT2D eigenvalue weighted by atomic mass is 10.1. The predicted octanol–water partition coefficient (Wildman–Crippen LogP) is 3.31. The second kappa shape index (κ2) is 10.8. The molecular formula is C23H31N3O3. The molecule has 0 atom stereocenters. The van der Waals surface area contributed by atoms with Gasteiger partial charge in [-0.2, -0.15) is 0 Å². The highest BCUT2D eigenvalue weighted by Gasteiger charge is 2.13. The predicted molar refractivity (Wildman–Crippen MR) is 114 cm³/mol. The highest BCUT2D eigenvalue weighted by molar-refractivity contribution is 5.73. The van der Waals surface area contributed by atoms with E-state index in [1.807, 2.05) is 50.2 Å². The fraction of sp³-hybridized carbons (Fsp3) is 0.435. The van der Waals surface area contributed by atoms with Gasteiger partial charge in [-0.05, 0) is 42.7 Å². The van der Waals surface area contributed by atoms with Crippen LogP contribution in [0.5, 0.6) is 5.75 Å². The van der Waals surface area contributed by atoms with Crippen molar-refractivity contribution in [1.82, 2.24) is 15.5 Å². The summed E-state index contributed by atoms with van der Waals surface area (Å²) in [6.45, 7) is 9.33. The summed E-state index contributed by atoms with van der Waals surface area (Å²) in [5.74, 6) is 0.838. The number of nitrogens with one attached hydrogen (secondary N) is 2. The molecule has 1 aliphatic rings. The maximum Gasteiger partial charge on any atom is 0.315 e. The minimum atomic E-state index is -0.173. The van der Waals surface area contributed by atoms with Gasteiger partial charge >= 0.3 is 6.03 Å². The molecule has 0 saturated carbocycles. The van der Waals surface area contributed by atoms with E-state index < -0.39 is 0 Å². The maximum atomic E-state index is 12.2. The van der Waals surface area contributed by atoms with Gasteiger partial charge in [0, 0.05) is 32.7 Å². The van der Waals surface area contributed by atoms with Gasteiger partial charge in [-0.1, -0.05) is 36.4 Å². The van der Waals surface area contributed by atoms with E-state index in [9.17, 15) is 4.79 Å². The van der Waals surface area contributed by atoms with Crippen LogP contribution in [0.15, 0.2) is 48.5 Å². The van der Waals surface area contributed by atoms with E-state index in [1.165, 1.54) is 5.56 Å². The fourth-order valence-corrected chi connectivity index (χ4v) is 3.26. The number of ether oxygens (including phenoxy) is 2. The van der Waals surface area contributed by atoms with Crippen LogP contribution in [-0.2, 0) is 24.4 Å². The Balaban J connectivity index is 1.45. The zero-order valence-corrected chi connectivity index (χ0v) is 17.3. The molecule has 1 heterocycles. The average Bonchev–Trinajstić information content (AvgIpc) is 2.73. The van der Waals surface area contributed by atoms with Crippen molar-refractivity contribution >= 4 is 6.03 Å². The molecule has 6 heteroatoms. The molecule has 0 aromatic heterocycles. The van der Waals surface area contributed by atoms with E-state index >= 15 is 0 Å². The van der Waals surface area contributed by atoms with Crippen molar-refractivity contribution in [2.24, 2.45) is 0 Å². The number of rotatable bonds is 8. The van der Waals surface area contributed by atoms with Crippen molar-refractivity contribution in [3.63, 3.8) is 0 Å². The lowest BCUT2D eigenvalue weighted by molar-refractivity contribution is 0.0341. The van der Waals surface area contributed by atoms with Crippen molar-refractivity contribution < 1.29 is 14.3 Å². The Labute approximate surface area is 173 Å². The van der Waals surface area contributed by atoms with E-state index in [0.29, 0.717) is 13.1 Å². The molecule has 156 valence electrons. The number of carbonyl (C=O) groups is 1. The normalized spacial score (nSPS) is 14.6. The van der Waals surface area contributed by atoms with Crippen molar-refractivity contribution in [2.75, 3.05) is 26.3 Å². The van der Waals surface area contributed by atoms with Gasteiger partial charge in [0.2, 0.25) is 0 Å². The van der Waals surface area contributed by atoms with Crippen LogP contribution in [0.1, 0.15) is 30.5 Å². The van der Waals surface area contributed by atoms with Crippen LogP contribution in [0.4, 0.5) is 4.79 Å². The largest absolute Gasteiger partial charge is 0.491 e. The Morgan fingerprint density at radius 2 is 1.66 bits per heavy atom. The lowest BCUT2D eigenvalue weighted by Gasteiger charge is -2.27. The van der Waals surface area contributed by atoms with Gasteiger partial charge in [0.25, 0.3) is 0 Å². The molecule has 2 aromatic carbocycles. The molecule has 6 nitrogen and oxygen atoms in total. The number of amides is 2. The summed E-state index contributed by atoms with van der Waals surface area (Å²) in [6, 6.07) is 15.9. The quantitative estimate of drug-likeness (QED) is 0.717. The Morgan fingerprint density at radius 3 is 2.34 bits per heavy atom. The summed E-state index contributed by atoms with van der Waals surface area (Å²) in [5, 5.41) is 5.88. The molecule has 0 aliphatic carbocycles. The van der Waals surface area contributed by atoms with Crippen LogP contribution in [-0.4, -0.2) is 43.3 Å². The molecule has 0 bridgehead atoms. The van der Waals surface area contributed by atoms with Crippen molar-refractivity contribution in [3.8, 4) is 5.75 Å². The molecule has 2 aromatic rings. The third kappa shape index (κ3) is 7.07. The number of urea groups is 1. The van der Waals surface area contributed by atoms with Crippen LogP contribution in [0, 0.1) is 0 Å². The second-order valence-corrected chi connectivity index (χ2v) is 7.50. The van der Waals surface area contributed by atoms with E-state index in [4.69, 9.17) is 9.47 Å². The molecule has 0 spiro atoms. The topological polar surface area (TPSA) is 62.8 Å². The smallest absolute Gasteiger partial charge is 0.315 e. The number of hydrogen-bond donors (Lipinski definition) is 2. The highest BCUT2D eigenvalue weighted by Crippen LogP contribution is 2.14. The monoisotopic (exact) mass is 397 g/mol. The highest BCUT2D eigenvalue weighted by atomic mass is 16.5. The first-order chi connectivity index (χ1) is 14.1. The van der Waals surface area contributed by atoms with Crippen LogP contribution in [0.2, 0.25) is 0 Å². The first-order valence-electron chi connectivity index (χ1n) is 10.2. The van der Waals surface area contributed by atoms with Crippen LogP contribution in [0.3, 0.4) is 0 Å². The minimum absolute atomic E-state index is 0.149. The van der Waals surface area contributed by atoms with Gasteiger partial charge in [0.05, 0.1) is 19.3 Å². The summed E-state index contributed by atoms with van der Waals surface area (Å²) in [6.07, 6.45) is 0.149. The molecule has 2 amide bonds. The molecule has 1 saturated heterocycles. The molecule has 2 N–H and O–H groups in total. The molecule has 3 rings (SSSR count). The second-order valence-electron chi connectivity index (χ2n) is 7.50. The van der Waals surface area contributed by atoms with E-state index in [0.717, 1.165) is 49.7 Å². The van der Waals surface area contributed by atoms with Crippen molar-refractivity contribution in [3.05, 3.63) is 65.2 Å². The number of nitrogens with zero attached hydrogens (tertiary/aromatic N) is 1. The zero-order chi connectivity index (χ0) is 20.5. The van der Waals surface area contributed by atoms with Gasteiger partial charge in [0.1, 0.15) is 5.75 Å². The summed E-state index contributed by atoms with van der Waals surface area (Å²) in [4.78, 5) is 14.6. The number of benzene rings is 2. The number of carbonyl (C=O) groups excluding carboxylic acids is 1. The minimum Gasteiger partial charge on any atom is -0.491 e. The van der Waals surface area contributed by atoms with E-state index in [1.54, 1.807) is 0 Å². The zero-order valence-electron chi connectivity index (χ0n) is 17.3. The first kappa shape index (κ1) is 21.1. The summed E-state index contributed by atoms with van der Waals surface area (Å²) >= 11 is 0. The number of morpholine rings is 1. The maximum absolute atomic E-state index is 12.2. The first-order valence-corrected chi connectivity index (χ1v) is 10.2. The molecular weight excluding hydrogens is 366 g/mol. The average molecular weight is 398 g/mol. The molecule has 0 unspecified atom stereocenters. The van der Waals surface area contributed by atoms with E-state index in [-0.39, 0.29) is 12.1 Å². The van der Waals surface area contributed by atoms with Crippen molar-refractivity contribution in [2.45, 2.75) is 39.6 Å². The third-order valence-corrected chi connectivity index (χ3v) is 4.80. The SMILES string of the molecule is CC(C)Oc1ccc(CNC(=O)NCc2ccccc2CN2CCOCC2)cc1. The molecule has 1 aliphatic heterocycles. The van der Waals surface area contributed by atoms with Gasteiger partial charge < -0.3 is 20.1 Å². The summed E-state index contributed by atoms with van der Waals surface area (Å²) < 4.78 is 11.1. The Kier molecular flexibility index (Phi) is 7.90. The fourth-order valence-electron chi connectivity index (χ4n) is 3.26. The van der Waals surface area contributed by atoms with Crippen LogP contribution >= 0.6 is 0 Å². The van der Waals surface area contributed by atoms with Crippen LogP contribution in [0.25, 0.3) is 0 Å². The van der Waals surface area contributed by atoms with Crippen molar-refractivity contribution in [1.29, 1.82) is 0 Å². The Bertz CT molecular complexity index is 771. The van der Waals surface area contributed by atoms with Gasteiger partial charge in [-0.25, -0.2) is 4.79 Å². The molecule has 0 radical (unpaired) electrons. The standard InChI is InChI=1S/C23H31N3O3/c1-18(2)29-22-9-7-19(8-10-22)15-24-23(27)25-16-20-5-3-4-6-21(20)17-26-11-13-28-14-12-26/h3-10,18H,11-17H2,1-2H3,(H2,24,25,27). The van der Waals surface area contributed by atoms with Gasteiger partial charge in [-0.15, -0.1) is 0 Å². The lowest BCUT2D eigenvalue weighted by Crippen LogP contribution is -2.37. The summed E-state index contributed by atoms with van der Waals surface area (Å²) in [5.41, 5.74) is 3.42. The van der Waals surface area contributed by atoms with E-state index in [2.05, 4.69) is 27.7 Å². The van der Waals surface area contributed by atoms with Gasteiger partial charge in [0.15, 0.2) is 0 Å².